The van der Waals surface area contributed by atoms with E-state index >= 15 is 0 Å². The Labute approximate surface area is 123 Å². The number of rotatable bonds is 3. The SMILES string of the molecule is CC(C)=CC(=O)N[C@H]1CCN(C)[C@@H]1c1ccc(F)c(F)c1. The highest BCUT2D eigenvalue weighted by molar-refractivity contribution is 5.88. The topological polar surface area (TPSA) is 32.3 Å². The number of carbonyl (C=O) groups is 1. The Hall–Kier alpha value is -1.75. The van der Waals surface area contributed by atoms with Crippen LogP contribution in [0.15, 0.2) is 29.8 Å². The fourth-order valence-corrected chi connectivity index (χ4v) is 2.77. The lowest BCUT2D eigenvalue weighted by Gasteiger charge is -2.26. The van der Waals surface area contributed by atoms with Gasteiger partial charge < -0.3 is 5.32 Å². The summed E-state index contributed by atoms with van der Waals surface area (Å²) in [6.45, 7) is 4.50. The number of likely N-dealkylation sites (N-methyl/N-ethyl adjacent to an activating group) is 1. The summed E-state index contributed by atoms with van der Waals surface area (Å²) in [4.78, 5) is 13.9. The van der Waals surface area contributed by atoms with Crippen molar-refractivity contribution in [2.45, 2.75) is 32.4 Å². The van der Waals surface area contributed by atoms with Crippen molar-refractivity contribution < 1.29 is 13.6 Å². The molecule has 0 spiro atoms. The lowest BCUT2D eigenvalue weighted by Crippen LogP contribution is -2.38. The van der Waals surface area contributed by atoms with Gasteiger partial charge in [-0.15, -0.1) is 0 Å². The molecule has 1 heterocycles. The Morgan fingerprint density at radius 3 is 2.67 bits per heavy atom. The fourth-order valence-electron chi connectivity index (χ4n) is 2.77. The van der Waals surface area contributed by atoms with Crippen LogP contribution in [-0.2, 0) is 4.79 Å². The lowest BCUT2D eigenvalue weighted by atomic mass is 10.00. The minimum atomic E-state index is -0.859. The summed E-state index contributed by atoms with van der Waals surface area (Å²) >= 11 is 0. The van der Waals surface area contributed by atoms with E-state index in [0.717, 1.165) is 24.6 Å². The molecule has 1 aliphatic rings. The maximum absolute atomic E-state index is 13.4. The maximum atomic E-state index is 13.4. The lowest BCUT2D eigenvalue weighted by molar-refractivity contribution is -0.117. The van der Waals surface area contributed by atoms with Gasteiger partial charge in [-0.25, -0.2) is 8.78 Å². The van der Waals surface area contributed by atoms with Crippen molar-refractivity contribution >= 4 is 5.91 Å². The second kappa shape index (κ2) is 6.35. The fraction of sp³-hybridized carbons (Fsp3) is 0.438. The molecule has 0 saturated carbocycles. The Bertz CT molecular complexity index is 567. The number of allylic oxidation sites excluding steroid dienone is 1. The standard InChI is InChI=1S/C16H20F2N2O/c1-10(2)8-15(21)19-14-6-7-20(3)16(14)11-4-5-12(17)13(18)9-11/h4-5,8-9,14,16H,6-7H2,1-3H3,(H,19,21)/t14-,16+/m0/s1. The van der Waals surface area contributed by atoms with Crippen molar-refractivity contribution in [3.63, 3.8) is 0 Å². The third-order valence-electron chi connectivity index (χ3n) is 3.68. The molecule has 0 bridgehead atoms. The number of nitrogens with one attached hydrogen (secondary N) is 1. The molecule has 5 heteroatoms. The number of halogens is 2. The Balaban J connectivity index is 2.20. The van der Waals surface area contributed by atoms with Crippen LogP contribution < -0.4 is 5.32 Å². The monoisotopic (exact) mass is 294 g/mol. The predicted octanol–water partition coefficient (Wildman–Crippen LogP) is 2.79. The predicted molar refractivity (Wildman–Crippen MR) is 77.7 cm³/mol. The number of benzene rings is 1. The van der Waals surface area contributed by atoms with Crippen LogP contribution in [0.3, 0.4) is 0 Å². The van der Waals surface area contributed by atoms with E-state index in [-0.39, 0.29) is 18.0 Å². The molecule has 2 rings (SSSR count). The average molecular weight is 294 g/mol. The van der Waals surface area contributed by atoms with E-state index in [4.69, 9.17) is 0 Å². The molecule has 1 saturated heterocycles. The van der Waals surface area contributed by atoms with Crippen LogP contribution in [0.25, 0.3) is 0 Å². The third kappa shape index (κ3) is 3.67. The number of carbonyl (C=O) groups excluding carboxylic acids is 1. The van der Waals surface area contributed by atoms with Crippen LogP contribution >= 0.6 is 0 Å². The molecule has 114 valence electrons. The van der Waals surface area contributed by atoms with E-state index in [9.17, 15) is 13.6 Å². The smallest absolute Gasteiger partial charge is 0.244 e. The second-order valence-electron chi connectivity index (χ2n) is 5.72. The minimum Gasteiger partial charge on any atom is -0.348 e. The van der Waals surface area contributed by atoms with E-state index < -0.39 is 11.6 Å². The quantitative estimate of drug-likeness (QED) is 0.869. The molecule has 21 heavy (non-hydrogen) atoms. The minimum absolute atomic E-state index is 0.108. The van der Waals surface area contributed by atoms with Crippen LogP contribution in [0.5, 0.6) is 0 Å². The number of hydrogen-bond donors (Lipinski definition) is 1. The van der Waals surface area contributed by atoms with Gasteiger partial charge >= 0.3 is 0 Å². The first-order valence-corrected chi connectivity index (χ1v) is 6.99. The van der Waals surface area contributed by atoms with Gasteiger partial charge in [0.1, 0.15) is 0 Å². The normalized spacial score (nSPS) is 22.1. The summed E-state index contributed by atoms with van der Waals surface area (Å²) < 4.78 is 26.5. The van der Waals surface area contributed by atoms with Crippen molar-refractivity contribution in [1.82, 2.24) is 10.2 Å². The first-order valence-electron chi connectivity index (χ1n) is 6.99. The van der Waals surface area contributed by atoms with Gasteiger partial charge in [0, 0.05) is 12.6 Å². The highest BCUT2D eigenvalue weighted by Gasteiger charge is 2.34. The van der Waals surface area contributed by atoms with Gasteiger partial charge in [0.25, 0.3) is 0 Å². The zero-order valence-electron chi connectivity index (χ0n) is 12.5. The van der Waals surface area contributed by atoms with E-state index in [1.165, 1.54) is 6.07 Å². The molecule has 1 fully saturated rings. The summed E-state index contributed by atoms with van der Waals surface area (Å²) in [5.41, 5.74) is 1.60. The molecule has 0 aliphatic carbocycles. The van der Waals surface area contributed by atoms with E-state index in [1.807, 2.05) is 25.8 Å². The number of amides is 1. The molecule has 1 N–H and O–H groups in total. The summed E-state index contributed by atoms with van der Waals surface area (Å²) in [6.07, 6.45) is 2.32. The van der Waals surface area contributed by atoms with Gasteiger partial charge in [-0.2, -0.15) is 0 Å². The van der Waals surface area contributed by atoms with Gasteiger partial charge in [0.15, 0.2) is 11.6 Å². The highest BCUT2D eigenvalue weighted by Crippen LogP contribution is 2.31. The summed E-state index contributed by atoms with van der Waals surface area (Å²) in [6, 6.07) is 3.66. The zero-order chi connectivity index (χ0) is 15.6. The van der Waals surface area contributed by atoms with Gasteiger partial charge in [-0.05, 0) is 45.0 Å². The van der Waals surface area contributed by atoms with E-state index in [2.05, 4.69) is 5.32 Å². The van der Waals surface area contributed by atoms with E-state index in [1.54, 1.807) is 12.1 Å². The second-order valence-corrected chi connectivity index (χ2v) is 5.72. The molecule has 1 amide bonds. The van der Waals surface area contributed by atoms with Gasteiger partial charge in [0.2, 0.25) is 5.91 Å². The average Bonchev–Trinajstić information content (AvgIpc) is 2.73. The van der Waals surface area contributed by atoms with Gasteiger partial charge in [0.05, 0.1) is 12.1 Å². The molecule has 3 nitrogen and oxygen atoms in total. The molecule has 2 atom stereocenters. The van der Waals surface area contributed by atoms with Crippen LogP contribution in [0.4, 0.5) is 8.78 Å². The van der Waals surface area contributed by atoms with Crippen molar-refractivity contribution in [3.8, 4) is 0 Å². The first kappa shape index (κ1) is 15.6. The number of hydrogen-bond acceptors (Lipinski definition) is 2. The van der Waals surface area contributed by atoms with Crippen molar-refractivity contribution in [3.05, 3.63) is 47.0 Å². The van der Waals surface area contributed by atoms with Crippen LogP contribution in [0.2, 0.25) is 0 Å². The largest absolute Gasteiger partial charge is 0.348 e. The van der Waals surface area contributed by atoms with Crippen LogP contribution in [0, 0.1) is 11.6 Å². The first-order chi connectivity index (χ1) is 9.88. The maximum Gasteiger partial charge on any atom is 0.244 e. The Kier molecular flexibility index (Phi) is 4.73. The summed E-state index contributed by atoms with van der Waals surface area (Å²) in [7, 11) is 1.92. The molecule has 0 radical (unpaired) electrons. The van der Waals surface area contributed by atoms with Crippen molar-refractivity contribution in [1.29, 1.82) is 0 Å². The van der Waals surface area contributed by atoms with Crippen molar-refractivity contribution in [2.24, 2.45) is 0 Å². The Morgan fingerprint density at radius 2 is 2.05 bits per heavy atom. The molecule has 0 aromatic heterocycles. The highest BCUT2D eigenvalue weighted by atomic mass is 19.2. The zero-order valence-corrected chi connectivity index (χ0v) is 12.5. The summed E-state index contributed by atoms with van der Waals surface area (Å²) in [5, 5.41) is 2.95. The van der Waals surface area contributed by atoms with Crippen LogP contribution in [0.1, 0.15) is 31.9 Å². The molecule has 1 aliphatic heterocycles. The Morgan fingerprint density at radius 1 is 1.33 bits per heavy atom. The van der Waals surface area contributed by atoms with Gasteiger partial charge in [-0.1, -0.05) is 11.6 Å². The van der Waals surface area contributed by atoms with Crippen LogP contribution in [-0.4, -0.2) is 30.4 Å². The van der Waals surface area contributed by atoms with E-state index in [0.29, 0.717) is 5.56 Å². The summed E-state index contributed by atoms with van der Waals surface area (Å²) in [5.74, 6) is -1.87. The van der Waals surface area contributed by atoms with Gasteiger partial charge in [-0.3, -0.25) is 9.69 Å². The molecule has 0 unspecified atom stereocenters. The number of likely N-dealkylation sites (tertiary alicyclic amines) is 1. The number of nitrogens with zero attached hydrogens (tertiary/aromatic N) is 1. The van der Waals surface area contributed by atoms with Crippen molar-refractivity contribution in [2.75, 3.05) is 13.6 Å². The molecule has 1 aromatic rings. The molecule has 1 aromatic carbocycles. The third-order valence-corrected chi connectivity index (χ3v) is 3.68. The molecular weight excluding hydrogens is 274 g/mol. The molecular formula is C16H20F2N2O.